The number of nitrogens with zero attached hydrogens (tertiary/aromatic N) is 1. The molecule has 19 heavy (non-hydrogen) atoms. The van der Waals surface area contributed by atoms with Crippen LogP contribution >= 0.6 is 0 Å². The summed E-state index contributed by atoms with van der Waals surface area (Å²) < 4.78 is 0. The molecule has 0 bridgehead atoms. The number of likely N-dealkylation sites (tertiary alicyclic amines) is 1. The van der Waals surface area contributed by atoms with Crippen molar-refractivity contribution in [3.8, 4) is 0 Å². The van der Waals surface area contributed by atoms with Gasteiger partial charge in [-0.25, -0.2) is 0 Å². The maximum atomic E-state index is 11.5. The van der Waals surface area contributed by atoms with Crippen molar-refractivity contribution in [1.82, 2.24) is 10.2 Å². The summed E-state index contributed by atoms with van der Waals surface area (Å²) in [7, 11) is 0. The molecule has 0 aromatic carbocycles. The Kier molecular flexibility index (Phi) is 5.81. The van der Waals surface area contributed by atoms with E-state index < -0.39 is 11.5 Å². The largest absolute Gasteiger partial charge is 0.480 e. The molecule has 1 fully saturated rings. The van der Waals surface area contributed by atoms with Crippen LogP contribution in [-0.4, -0.2) is 46.7 Å². The molecule has 0 aromatic rings. The van der Waals surface area contributed by atoms with Crippen LogP contribution in [0.5, 0.6) is 0 Å². The topological polar surface area (TPSA) is 52.6 Å². The van der Waals surface area contributed by atoms with Gasteiger partial charge < -0.3 is 10.4 Å². The molecule has 0 saturated carbocycles. The van der Waals surface area contributed by atoms with Crippen molar-refractivity contribution in [3.05, 3.63) is 0 Å². The van der Waals surface area contributed by atoms with Crippen LogP contribution in [0, 0.1) is 5.92 Å². The average Bonchev–Trinajstić information content (AvgIpc) is 2.32. The van der Waals surface area contributed by atoms with Crippen LogP contribution in [0.25, 0.3) is 0 Å². The van der Waals surface area contributed by atoms with Crippen molar-refractivity contribution in [3.63, 3.8) is 0 Å². The van der Waals surface area contributed by atoms with Gasteiger partial charge in [-0.2, -0.15) is 0 Å². The summed E-state index contributed by atoms with van der Waals surface area (Å²) in [6.45, 7) is 12.3. The molecule has 4 atom stereocenters. The lowest BCUT2D eigenvalue weighted by molar-refractivity contribution is -0.145. The summed E-state index contributed by atoms with van der Waals surface area (Å²) in [6.07, 6.45) is 3.15. The van der Waals surface area contributed by atoms with Gasteiger partial charge in [0.25, 0.3) is 0 Å². The van der Waals surface area contributed by atoms with Crippen LogP contribution in [0.3, 0.4) is 0 Å². The molecule has 0 spiro atoms. The molecule has 0 aromatic heterocycles. The third-order valence-electron chi connectivity index (χ3n) is 4.73. The van der Waals surface area contributed by atoms with E-state index in [0.717, 1.165) is 6.54 Å². The van der Waals surface area contributed by atoms with Crippen LogP contribution in [0.1, 0.15) is 53.9 Å². The van der Waals surface area contributed by atoms with Gasteiger partial charge in [0.2, 0.25) is 0 Å². The number of carbonyl (C=O) groups is 1. The van der Waals surface area contributed by atoms with E-state index in [1.54, 1.807) is 6.92 Å². The van der Waals surface area contributed by atoms with Crippen LogP contribution in [0.15, 0.2) is 0 Å². The zero-order valence-electron chi connectivity index (χ0n) is 13.1. The molecule has 4 unspecified atom stereocenters. The Morgan fingerprint density at radius 3 is 2.68 bits per heavy atom. The maximum Gasteiger partial charge on any atom is 0.323 e. The molecule has 1 aliphatic rings. The Hall–Kier alpha value is -0.610. The highest BCUT2D eigenvalue weighted by molar-refractivity contribution is 5.78. The predicted molar refractivity (Wildman–Crippen MR) is 78.4 cm³/mol. The van der Waals surface area contributed by atoms with Crippen molar-refractivity contribution >= 4 is 5.97 Å². The number of piperidine rings is 1. The van der Waals surface area contributed by atoms with Gasteiger partial charge in [0.15, 0.2) is 0 Å². The quantitative estimate of drug-likeness (QED) is 0.778. The number of aliphatic carboxylic acids is 1. The van der Waals surface area contributed by atoms with E-state index in [1.165, 1.54) is 12.8 Å². The summed E-state index contributed by atoms with van der Waals surface area (Å²) >= 11 is 0. The highest BCUT2D eigenvalue weighted by Crippen LogP contribution is 2.27. The zero-order valence-corrected chi connectivity index (χ0v) is 13.1. The fraction of sp³-hybridized carbons (Fsp3) is 0.933. The van der Waals surface area contributed by atoms with Crippen molar-refractivity contribution < 1.29 is 9.90 Å². The maximum absolute atomic E-state index is 11.5. The first-order valence-corrected chi connectivity index (χ1v) is 7.56. The van der Waals surface area contributed by atoms with Crippen LogP contribution in [-0.2, 0) is 4.79 Å². The number of likely N-dealkylation sites (N-methyl/N-ethyl adjacent to an activating group) is 1. The zero-order chi connectivity index (χ0) is 14.6. The minimum absolute atomic E-state index is 0.290. The minimum atomic E-state index is -0.825. The van der Waals surface area contributed by atoms with E-state index >= 15 is 0 Å². The van der Waals surface area contributed by atoms with Gasteiger partial charge in [-0.05, 0) is 59.0 Å². The van der Waals surface area contributed by atoms with Gasteiger partial charge in [-0.3, -0.25) is 9.69 Å². The lowest BCUT2D eigenvalue weighted by Gasteiger charge is -2.43. The van der Waals surface area contributed by atoms with Crippen molar-refractivity contribution in [2.45, 2.75) is 71.5 Å². The van der Waals surface area contributed by atoms with Gasteiger partial charge in [0.05, 0.1) is 0 Å². The number of carboxylic acid groups (broad SMARTS) is 1. The van der Waals surface area contributed by atoms with Gasteiger partial charge in [0.1, 0.15) is 5.54 Å². The van der Waals surface area contributed by atoms with E-state index in [9.17, 15) is 9.90 Å². The first-order chi connectivity index (χ1) is 8.81. The van der Waals surface area contributed by atoms with Crippen LogP contribution in [0.2, 0.25) is 0 Å². The summed E-state index contributed by atoms with van der Waals surface area (Å²) in [5, 5.41) is 12.6. The third kappa shape index (κ3) is 3.93. The number of nitrogens with one attached hydrogen (secondary N) is 1. The lowest BCUT2D eigenvalue weighted by Crippen LogP contribution is -2.56. The molecule has 4 nitrogen and oxygen atoms in total. The van der Waals surface area contributed by atoms with Crippen molar-refractivity contribution in [1.29, 1.82) is 0 Å². The number of rotatable bonds is 6. The minimum Gasteiger partial charge on any atom is -0.480 e. The molecular formula is C15H30N2O2. The Morgan fingerprint density at radius 2 is 2.16 bits per heavy atom. The molecule has 1 saturated heterocycles. The van der Waals surface area contributed by atoms with Crippen molar-refractivity contribution in [2.75, 3.05) is 13.1 Å². The molecule has 1 rings (SSSR count). The average molecular weight is 270 g/mol. The Morgan fingerprint density at radius 1 is 1.53 bits per heavy atom. The van der Waals surface area contributed by atoms with E-state index in [1.807, 2.05) is 6.92 Å². The van der Waals surface area contributed by atoms with Gasteiger partial charge in [-0.15, -0.1) is 0 Å². The molecule has 2 N–H and O–H groups in total. The Labute approximate surface area is 117 Å². The SMILES string of the molecule is CCNC(C)(CC(C)N1CCCC(C)C1C)C(=O)O. The van der Waals surface area contributed by atoms with Crippen molar-refractivity contribution in [2.24, 2.45) is 5.92 Å². The fourth-order valence-corrected chi connectivity index (χ4v) is 3.32. The summed E-state index contributed by atoms with van der Waals surface area (Å²) in [6, 6.07) is 0.835. The monoisotopic (exact) mass is 270 g/mol. The van der Waals surface area contributed by atoms with E-state index in [-0.39, 0.29) is 6.04 Å². The molecule has 0 amide bonds. The van der Waals surface area contributed by atoms with Crippen LogP contribution in [0.4, 0.5) is 0 Å². The molecule has 1 heterocycles. The second kappa shape index (κ2) is 6.71. The molecule has 112 valence electrons. The summed E-state index contributed by atoms with van der Waals surface area (Å²) in [4.78, 5) is 14.0. The molecule has 1 aliphatic heterocycles. The number of hydrogen-bond donors (Lipinski definition) is 2. The number of carboxylic acids is 1. The van der Waals surface area contributed by atoms with Crippen LogP contribution < -0.4 is 5.32 Å². The Balaban J connectivity index is 2.71. The molecule has 0 radical (unpaired) electrons. The first-order valence-electron chi connectivity index (χ1n) is 7.56. The summed E-state index contributed by atoms with van der Waals surface area (Å²) in [5.41, 5.74) is -0.825. The second-order valence-corrected chi connectivity index (χ2v) is 6.32. The third-order valence-corrected chi connectivity index (χ3v) is 4.73. The predicted octanol–water partition coefficient (Wildman–Crippen LogP) is 2.34. The first kappa shape index (κ1) is 16.4. The smallest absolute Gasteiger partial charge is 0.323 e. The number of hydrogen-bond acceptors (Lipinski definition) is 3. The lowest BCUT2D eigenvalue weighted by atomic mass is 9.87. The molecular weight excluding hydrogens is 240 g/mol. The van der Waals surface area contributed by atoms with Gasteiger partial charge >= 0.3 is 5.97 Å². The highest BCUT2D eigenvalue weighted by atomic mass is 16.4. The Bertz CT molecular complexity index is 309. The van der Waals surface area contributed by atoms with Gasteiger partial charge in [0, 0.05) is 12.1 Å². The fourth-order valence-electron chi connectivity index (χ4n) is 3.32. The van der Waals surface area contributed by atoms with E-state index in [0.29, 0.717) is 24.9 Å². The van der Waals surface area contributed by atoms with Gasteiger partial charge in [-0.1, -0.05) is 13.8 Å². The standard InChI is InChI=1S/C15H30N2O2/c1-6-16-15(5,14(18)19)10-12(3)17-9-7-8-11(2)13(17)4/h11-13,16H,6-10H2,1-5H3,(H,18,19). The molecule has 4 heteroatoms. The molecule has 0 aliphatic carbocycles. The van der Waals surface area contributed by atoms with E-state index in [2.05, 4.69) is 31.0 Å². The second-order valence-electron chi connectivity index (χ2n) is 6.32. The highest BCUT2D eigenvalue weighted by Gasteiger charge is 2.37. The van der Waals surface area contributed by atoms with E-state index in [4.69, 9.17) is 0 Å². The summed E-state index contributed by atoms with van der Waals surface area (Å²) in [5.74, 6) is -0.0506. The normalized spacial score (nSPS) is 29.7.